The normalized spacial score (nSPS) is 14.9. The summed E-state index contributed by atoms with van der Waals surface area (Å²) >= 11 is 0. The summed E-state index contributed by atoms with van der Waals surface area (Å²) in [6.45, 7) is 14.5. The van der Waals surface area contributed by atoms with Crippen LogP contribution in [-0.2, 0) is 14.3 Å². The van der Waals surface area contributed by atoms with Crippen molar-refractivity contribution in [2.24, 2.45) is 21.8 Å². The second kappa shape index (κ2) is 11.7. The van der Waals surface area contributed by atoms with Gasteiger partial charge in [-0.15, -0.1) is 0 Å². The van der Waals surface area contributed by atoms with Gasteiger partial charge in [0.2, 0.25) is 0 Å². The molecule has 0 aromatic carbocycles. The van der Waals surface area contributed by atoms with Gasteiger partial charge in [-0.2, -0.15) is 9.98 Å². The summed E-state index contributed by atoms with van der Waals surface area (Å²) in [7, 11) is 0. The number of ketones is 1. The quantitative estimate of drug-likeness (QED) is 0.512. The van der Waals surface area contributed by atoms with E-state index in [9.17, 15) is 14.4 Å². The first kappa shape index (κ1) is 26.0. The number of amides is 2. The Bertz CT molecular complexity index is 533. The summed E-state index contributed by atoms with van der Waals surface area (Å²) in [6.07, 6.45) is 3.58. The van der Waals surface area contributed by atoms with E-state index in [0.717, 1.165) is 0 Å². The number of carbonyl (C=O) groups excluding carboxylic acids is 3. The minimum Gasteiger partial charge on any atom is -0.442 e. The van der Waals surface area contributed by atoms with Gasteiger partial charge in [-0.1, -0.05) is 13.8 Å². The highest BCUT2D eigenvalue weighted by Gasteiger charge is 2.18. The van der Waals surface area contributed by atoms with Crippen molar-refractivity contribution in [3.05, 3.63) is 0 Å². The maximum absolute atomic E-state index is 12.4. The van der Waals surface area contributed by atoms with Crippen LogP contribution in [0.2, 0.25) is 0 Å². The third-order valence-electron chi connectivity index (χ3n) is 3.60. The van der Waals surface area contributed by atoms with Gasteiger partial charge in [-0.3, -0.25) is 4.79 Å². The van der Waals surface area contributed by atoms with E-state index in [0.29, 0.717) is 12.8 Å². The van der Waals surface area contributed by atoms with Gasteiger partial charge in [0.15, 0.2) is 0 Å². The number of nitrogens with zero attached hydrogens (tertiary/aromatic N) is 2. The molecule has 7 nitrogen and oxygen atoms in total. The van der Waals surface area contributed by atoms with Crippen LogP contribution in [0.4, 0.5) is 9.59 Å². The van der Waals surface area contributed by atoms with Crippen LogP contribution in [0.15, 0.2) is 9.98 Å². The summed E-state index contributed by atoms with van der Waals surface area (Å²) in [4.78, 5) is 43.3. The molecular formula is C21H36N2O5. The lowest BCUT2D eigenvalue weighted by molar-refractivity contribution is -0.120. The Morgan fingerprint density at radius 2 is 1.07 bits per heavy atom. The van der Waals surface area contributed by atoms with Crippen molar-refractivity contribution in [2.45, 2.75) is 92.3 Å². The smallest absolute Gasteiger partial charge is 0.433 e. The molecule has 0 aliphatic heterocycles. The standard InChI is InChI=1S/C21H36N2O5/c1-9-15(13-22-18(25)27-20(3,4)5)11-17(24)12-16(10-2)14-23-19(26)28-21(6,7)8/h13-16H,9-12H2,1-8H3. The third-order valence-corrected chi connectivity index (χ3v) is 3.60. The Balaban J connectivity index is 4.68. The molecule has 0 aromatic heterocycles. The minimum absolute atomic E-state index is 0.0324. The topological polar surface area (TPSA) is 94.4 Å². The summed E-state index contributed by atoms with van der Waals surface area (Å²) in [5, 5.41) is 0. The lowest BCUT2D eigenvalue weighted by Gasteiger charge is -2.18. The molecule has 0 bridgehead atoms. The van der Waals surface area contributed by atoms with Crippen LogP contribution in [0.25, 0.3) is 0 Å². The number of aliphatic imine (C=N–C) groups is 2. The zero-order valence-corrected chi connectivity index (χ0v) is 18.6. The number of Topliss-reactive ketones (excluding diaryl/α,β-unsaturated/α-hetero) is 1. The van der Waals surface area contributed by atoms with Gasteiger partial charge in [0.25, 0.3) is 0 Å². The van der Waals surface area contributed by atoms with E-state index in [1.807, 2.05) is 13.8 Å². The number of hydrogen-bond acceptors (Lipinski definition) is 5. The fourth-order valence-corrected chi connectivity index (χ4v) is 2.18. The van der Waals surface area contributed by atoms with Crippen LogP contribution in [0.3, 0.4) is 0 Å². The molecule has 2 unspecified atom stereocenters. The average molecular weight is 397 g/mol. The molecule has 0 rings (SSSR count). The van der Waals surface area contributed by atoms with Crippen molar-refractivity contribution in [3.8, 4) is 0 Å². The van der Waals surface area contributed by atoms with Crippen LogP contribution in [0.1, 0.15) is 81.1 Å². The van der Waals surface area contributed by atoms with E-state index in [1.54, 1.807) is 41.5 Å². The van der Waals surface area contributed by atoms with Crippen LogP contribution in [0.5, 0.6) is 0 Å². The Labute approximate surface area is 169 Å². The second-order valence-corrected chi connectivity index (χ2v) is 8.80. The van der Waals surface area contributed by atoms with Crippen LogP contribution in [0, 0.1) is 11.8 Å². The number of hydrogen-bond donors (Lipinski definition) is 0. The molecule has 0 aromatic rings. The molecule has 28 heavy (non-hydrogen) atoms. The average Bonchev–Trinajstić information content (AvgIpc) is 2.51. The predicted octanol–water partition coefficient (Wildman–Crippen LogP) is 5.40. The van der Waals surface area contributed by atoms with Gasteiger partial charge in [0.05, 0.1) is 0 Å². The van der Waals surface area contributed by atoms with E-state index in [-0.39, 0.29) is 30.5 Å². The molecule has 0 radical (unpaired) electrons. The highest BCUT2D eigenvalue weighted by atomic mass is 16.6. The van der Waals surface area contributed by atoms with Crippen molar-refractivity contribution in [2.75, 3.05) is 0 Å². The Kier molecular flexibility index (Phi) is 10.9. The number of rotatable bonds is 8. The van der Waals surface area contributed by atoms with Crippen LogP contribution >= 0.6 is 0 Å². The molecule has 0 heterocycles. The highest BCUT2D eigenvalue weighted by Crippen LogP contribution is 2.15. The van der Waals surface area contributed by atoms with Gasteiger partial charge < -0.3 is 9.47 Å². The number of carbonyl (C=O) groups is 3. The van der Waals surface area contributed by atoms with E-state index < -0.39 is 23.4 Å². The van der Waals surface area contributed by atoms with Crippen molar-refractivity contribution < 1.29 is 23.9 Å². The van der Waals surface area contributed by atoms with E-state index in [4.69, 9.17) is 9.47 Å². The van der Waals surface area contributed by atoms with Crippen molar-refractivity contribution in [1.29, 1.82) is 0 Å². The SMILES string of the molecule is CCC(C=NC(=O)OC(C)(C)C)CC(=O)CC(C=NC(=O)OC(C)(C)C)CC. The Hall–Kier alpha value is -2.05. The molecule has 7 heteroatoms. The maximum Gasteiger partial charge on any atom is 0.433 e. The highest BCUT2D eigenvalue weighted by molar-refractivity contribution is 5.88. The van der Waals surface area contributed by atoms with E-state index in [1.165, 1.54) is 12.4 Å². The summed E-state index contributed by atoms with van der Waals surface area (Å²) in [5.41, 5.74) is -1.21. The van der Waals surface area contributed by atoms with E-state index >= 15 is 0 Å². The van der Waals surface area contributed by atoms with Crippen LogP contribution in [-0.4, -0.2) is 41.6 Å². The first-order chi connectivity index (χ1) is 12.8. The third kappa shape index (κ3) is 14.1. The molecule has 0 spiro atoms. The lowest BCUT2D eigenvalue weighted by atomic mass is 9.94. The summed E-state index contributed by atoms with van der Waals surface area (Å²) < 4.78 is 10.3. The van der Waals surface area contributed by atoms with Crippen molar-refractivity contribution >= 4 is 30.4 Å². The molecule has 0 N–H and O–H groups in total. The van der Waals surface area contributed by atoms with Gasteiger partial charge in [-0.25, -0.2) is 9.59 Å². The molecular weight excluding hydrogens is 360 g/mol. The molecule has 0 saturated heterocycles. The molecule has 160 valence electrons. The molecule has 2 atom stereocenters. The van der Waals surface area contributed by atoms with Crippen molar-refractivity contribution in [3.63, 3.8) is 0 Å². The first-order valence-electron chi connectivity index (χ1n) is 9.81. The first-order valence-corrected chi connectivity index (χ1v) is 9.81. The fraction of sp³-hybridized carbons (Fsp3) is 0.762. The van der Waals surface area contributed by atoms with Crippen molar-refractivity contribution in [1.82, 2.24) is 0 Å². The lowest BCUT2D eigenvalue weighted by Crippen LogP contribution is -2.22. The second-order valence-electron chi connectivity index (χ2n) is 8.80. The van der Waals surface area contributed by atoms with Crippen LogP contribution < -0.4 is 0 Å². The fourth-order valence-electron chi connectivity index (χ4n) is 2.18. The number of ether oxygens (including phenoxy) is 2. The zero-order chi connectivity index (χ0) is 22.0. The zero-order valence-electron chi connectivity index (χ0n) is 18.6. The molecule has 2 amide bonds. The minimum atomic E-state index is -0.658. The van der Waals surface area contributed by atoms with Gasteiger partial charge >= 0.3 is 12.2 Å². The summed E-state index contributed by atoms with van der Waals surface area (Å²) in [5.74, 6) is -0.245. The van der Waals surface area contributed by atoms with Gasteiger partial charge in [0, 0.05) is 37.1 Å². The predicted molar refractivity (Wildman–Crippen MR) is 111 cm³/mol. The molecule has 0 aliphatic carbocycles. The Morgan fingerprint density at radius 3 is 1.32 bits per heavy atom. The van der Waals surface area contributed by atoms with E-state index in [2.05, 4.69) is 9.98 Å². The van der Waals surface area contributed by atoms with Gasteiger partial charge in [0.1, 0.15) is 17.0 Å². The molecule has 0 aliphatic rings. The monoisotopic (exact) mass is 396 g/mol. The molecule has 0 fully saturated rings. The maximum atomic E-state index is 12.4. The largest absolute Gasteiger partial charge is 0.442 e. The summed E-state index contributed by atoms with van der Waals surface area (Å²) in [6, 6.07) is 0. The molecule has 0 saturated carbocycles. The van der Waals surface area contributed by atoms with Gasteiger partial charge in [-0.05, 0) is 54.4 Å². The Morgan fingerprint density at radius 1 is 0.750 bits per heavy atom.